The van der Waals surface area contributed by atoms with Crippen molar-refractivity contribution >= 4 is 34.2 Å². The third-order valence-corrected chi connectivity index (χ3v) is 5.49. The first-order valence-electron chi connectivity index (χ1n) is 8.15. The fourth-order valence-electron chi connectivity index (χ4n) is 3.39. The van der Waals surface area contributed by atoms with E-state index in [1.807, 2.05) is 24.3 Å². The molecule has 0 radical (unpaired) electrons. The SMILES string of the molecule is CC(C)(C)C1CCCCC1NCC(=O)Nc1ccccc1I. The number of anilines is 1. The third kappa shape index (κ3) is 4.95. The summed E-state index contributed by atoms with van der Waals surface area (Å²) < 4.78 is 1.07. The zero-order valence-corrected chi connectivity index (χ0v) is 15.9. The van der Waals surface area contributed by atoms with Crippen molar-refractivity contribution in [1.82, 2.24) is 5.32 Å². The van der Waals surface area contributed by atoms with Crippen LogP contribution in [0.4, 0.5) is 5.69 Å². The van der Waals surface area contributed by atoms with E-state index in [0.717, 1.165) is 9.26 Å². The topological polar surface area (TPSA) is 41.1 Å². The number of hydrogen-bond acceptors (Lipinski definition) is 2. The predicted molar refractivity (Wildman–Crippen MR) is 101 cm³/mol. The molecule has 2 rings (SSSR count). The summed E-state index contributed by atoms with van der Waals surface area (Å²) in [5.74, 6) is 0.688. The third-order valence-electron chi connectivity index (χ3n) is 4.55. The summed E-state index contributed by atoms with van der Waals surface area (Å²) in [6, 6.07) is 8.32. The summed E-state index contributed by atoms with van der Waals surface area (Å²) in [7, 11) is 0. The highest BCUT2D eigenvalue weighted by Gasteiger charge is 2.33. The van der Waals surface area contributed by atoms with Crippen LogP contribution in [0.25, 0.3) is 0 Å². The second kappa shape index (κ2) is 7.77. The number of halogens is 1. The Balaban J connectivity index is 1.88. The first kappa shape index (κ1) is 17.7. The van der Waals surface area contributed by atoms with Gasteiger partial charge in [-0.15, -0.1) is 0 Å². The summed E-state index contributed by atoms with van der Waals surface area (Å²) >= 11 is 2.24. The highest BCUT2D eigenvalue weighted by atomic mass is 127. The maximum atomic E-state index is 12.2. The van der Waals surface area contributed by atoms with Crippen LogP contribution in [0.1, 0.15) is 46.5 Å². The van der Waals surface area contributed by atoms with Crippen LogP contribution in [0.3, 0.4) is 0 Å². The van der Waals surface area contributed by atoms with Crippen molar-refractivity contribution in [1.29, 1.82) is 0 Å². The van der Waals surface area contributed by atoms with Gasteiger partial charge < -0.3 is 10.6 Å². The maximum Gasteiger partial charge on any atom is 0.238 e. The van der Waals surface area contributed by atoms with E-state index in [0.29, 0.717) is 23.9 Å². The van der Waals surface area contributed by atoms with Gasteiger partial charge in [-0.1, -0.05) is 45.7 Å². The van der Waals surface area contributed by atoms with Gasteiger partial charge in [0.1, 0.15) is 0 Å². The molecular weight excluding hydrogens is 387 g/mol. The number of para-hydroxylation sites is 1. The van der Waals surface area contributed by atoms with Crippen molar-refractivity contribution < 1.29 is 4.79 Å². The standard InChI is InChI=1S/C18H27IN2O/c1-18(2,3)13-8-4-6-10-15(13)20-12-17(22)21-16-11-7-5-9-14(16)19/h5,7,9,11,13,15,20H,4,6,8,10,12H2,1-3H3,(H,21,22). The highest BCUT2D eigenvalue weighted by molar-refractivity contribution is 14.1. The van der Waals surface area contributed by atoms with E-state index in [-0.39, 0.29) is 5.91 Å². The molecule has 4 heteroatoms. The number of rotatable bonds is 4. The second-order valence-electron chi connectivity index (χ2n) is 7.27. The Morgan fingerprint density at radius 1 is 1.23 bits per heavy atom. The number of carbonyl (C=O) groups excluding carboxylic acids is 1. The van der Waals surface area contributed by atoms with Gasteiger partial charge in [0, 0.05) is 9.61 Å². The Hall–Kier alpha value is -0.620. The molecule has 1 saturated carbocycles. The lowest BCUT2D eigenvalue weighted by Crippen LogP contribution is -2.46. The van der Waals surface area contributed by atoms with Gasteiger partial charge in [-0.25, -0.2) is 0 Å². The largest absolute Gasteiger partial charge is 0.324 e. The number of amides is 1. The minimum absolute atomic E-state index is 0.0438. The second-order valence-corrected chi connectivity index (χ2v) is 8.43. The van der Waals surface area contributed by atoms with E-state index < -0.39 is 0 Å². The van der Waals surface area contributed by atoms with E-state index in [9.17, 15) is 4.79 Å². The fourth-order valence-corrected chi connectivity index (χ4v) is 3.91. The van der Waals surface area contributed by atoms with E-state index >= 15 is 0 Å². The lowest BCUT2D eigenvalue weighted by Gasteiger charge is -2.40. The average Bonchev–Trinajstić information content (AvgIpc) is 2.47. The molecule has 22 heavy (non-hydrogen) atoms. The molecule has 1 fully saturated rings. The molecule has 0 aromatic heterocycles. The van der Waals surface area contributed by atoms with Crippen LogP contribution in [0.15, 0.2) is 24.3 Å². The van der Waals surface area contributed by atoms with Gasteiger partial charge in [0.25, 0.3) is 0 Å². The van der Waals surface area contributed by atoms with Crippen LogP contribution < -0.4 is 10.6 Å². The van der Waals surface area contributed by atoms with E-state index in [2.05, 4.69) is 54.0 Å². The van der Waals surface area contributed by atoms with Crippen LogP contribution in [-0.4, -0.2) is 18.5 Å². The summed E-state index contributed by atoms with van der Waals surface area (Å²) in [4.78, 5) is 12.2. The molecule has 2 N–H and O–H groups in total. The Bertz CT molecular complexity index is 510. The summed E-state index contributed by atoms with van der Waals surface area (Å²) in [6.45, 7) is 7.32. The maximum absolute atomic E-state index is 12.2. The number of benzene rings is 1. The van der Waals surface area contributed by atoms with E-state index in [4.69, 9.17) is 0 Å². The van der Waals surface area contributed by atoms with Crippen LogP contribution in [0.5, 0.6) is 0 Å². The van der Waals surface area contributed by atoms with Crippen LogP contribution in [0, 0.1) is 14.9 Å². The monoisotopic (exact) mass is 414 g/mol. The minimum atomic E-state index is 0.0438. The predicted octanol–water partition coefficient (Wildman–Crippen LogP) is 4.42. The number of carbonyl (C=O) groups is 1. The first-order chi connectivity index (χ1) is 10.4. The van der Waals surface area contributed by atoms with Gasteiger partial charge in [0.05, 0.1) is 12.2 Å². The highest BCUT2D eigenvalue weighted by Crippen LogP contribution is 2.37. The van der Waals surface area contributed by atoms with Gasteiger partial charge in [-0.05, 0) is 58.9 Å². The first-order valence-corrected chi connectivity index (χ1v) is 9.23. The Labute approximate surface area is 147 Å². The van der Waals surface area contributed by atoms with E-state index in [1.165, 1.54) is 25.7 Å². The summed E-state index contributed by atoms with van der Waals surface area (Å²) in [5, 5.41) is 6.50. The zero-order valence-electron chi connectivity index (χ0n) is 13.8. The molecule has 1 aromatic carbocycles. The quantitative estimate of drug-likeness (QED) is 0.716. The van der Waals surface area contributed by atoms with Gasteiger partial charge in [0.2, 0.25) is 5.91 Å². The lowest BCUT2D eigenvalue weighted by molar-refractivity contribution is -0.115. The van der Waals surface area contributed by atoms with Crippen LogP contribution in [-0.2, 0) is 4.79 Å². The Morgan fingerprint density at radius 2 is 1.91 bits per heavy atom. The molecule has 0 saturated heterocycles. The van der Waals surface area contributed by atoms with Crippen molar-refractivity contribution in [2.45, 2.75) is 52.5 Å². The minimum Gasteiger partial charge on any atom is -0.324 e. The molecule has 0 spiro atoms. The zero-order chi connectivity index (χ0) is 16.2. The van der Waals surface area contributed by atoms with Crippen molar-refractivity contribution in [2.75, 3.05) is 11.9 Å². The van der Waals surface area contributed by atoms with Gasteiger partial charge in [-0.2, -0.15) is 0 Å². The normalized spacial score (nSPS) is 22.4. The molecule has 1 aliphatic rings. The van der Waals surface area contributed by atoms with Gasteiger partial charge >= 0.3 is 0 Å². The van der Waals surface area contributed by atoms with Crippen LogP contribution >= 0.6 is 22.6 Å². The number of hydrogen-bond donors (Lipinski definition) is 2. The average molecular weight is 414 g/mol. The fraction of sp³-hybridized carbons (Fsp3) is 0.611. The van der Waals surface area contributed by atoms with Crippen molar-refractivity contribution in [3.05, 3.63) is 27.8 Å². The summed E-state index contributed by atoms with van der Waals surface area (Å²) in [5.41, 5.74) is 1.19. The molecule has 122 valence electrons. The van der Waals surface area contributed by atoms with Crippen molar-refractivity contribution in [3.8, 4) is 0 Å². The molecule has 2 atom stereocenters. The Kier molecular flexibility index (Phi) is 6.26. The number of nitrogens with one attached hydrogen (secondary N) is 2. The Morgan fingerprint density at radius 3 is 2.59 bits per heavy atom. The van der Waals surface area contributed by atoms with Crippen LogP contribution in [0.2, 0.25) is 0 Å². The molecule has 1 aliphatic carbocycles. The molecule has 0 bridgehead atoms. The lowest BCUT2D eigenvalue weighted by atomic mass is 9.69. The molecule has 1 amide bonds. The molecule has 3 nitrogen and oxygen atoms in total. The van der Waals surface area contributed by atoms with E-state index in [1.54, 1.807) is 0 Å². The smallest absolute Gasteiger partial charge is 0.238 e. The summed E-state index contributed by atoms with van der Waals surface area (Å²) in [6.07, 6.45) is 5.02. The van der Waals surface area contributed by atoms with Gasteiger partial charge in [-0.3, -0.25) is 4.79 Å². The van der Waals surface area contributed by atoms with Crippen molar-refractivity contribution in [3.63, 3.8) is 0 Å². The molecule has 0 heterocycles. The molecule has 2 unspecified atom stereocenters. The molecule has 1 aromatic rings. The molecular formula is C18H27IN2O. The molecule has 0 aliphatic heterocycles. The van der Waals surface area contributed by atoms with Crippen molar-refractivity contribution in [2.24, 2.45) is 11.3 Å². The van der Waals surface area contributed by atoms with Gasteiger partial charge in [0.15, 0.2) is 0 Å².